The van der Waals surface area contributed by atoms with E-state index in [1.54, 1.807) is 6.07 Å². The monoisotopic (exact) mass is 239 g/mol. The van der Waals surface area contributed by atoms with Crippen molar-refractivity contribution in [3.05, 3.63) is 28.9 Å². The largest absolute Gasteiger partial charge is 0.481 e. The van der Waals surface area contributed by atoms with Crippen LogP contribution in [0.1, 0.15) is 6.42 Å². The van der Waals surface area contributed by atoms with Gasteiger partial charge in [0.2, 0.25) is 5.91 Å². The molecule has 1 heterocycles. The topological polar surface area (TPSA) is 92.5 Å². The number of hydrogen-bond acceptors (Lipinski definition) is 4. The fraction of sp³-hybridized carbons (Fsp3) is 0.400. The van der Waals surface area contributed by atoms with Crippen LogP contribution in [0.4, 0.5) is 0 Å². The van der Waals surface area contributed by atoms with E-state index in [-0.39, 0.29) is 25.4 Å². The van der Waals surface area contributed by atoms with Gasteiger partial charge >= 0.3 is 11.7 Å². The quantitative estimate of drug-likeness (QED) is 0.724. The van der Waals surface area contributed by atoms with E-state index in [1.807, 2.05) is 0 Å². The molecule has 1 aromatic heterocycles. The summed E-state index contributed by atoms with van der Waals surface area (Å²) in [6, 6.07) is 1.55. The molecule has 1 amide bonds. The number of carboxylic acid groups (broad SMARTS) is 1. The third-order valence-corrected chi connectivity index (χ3v) is 2.18. The lowest BCUT2D eigenvalue weighted by atomic mass is 10.4. The summed E-state index contributed by atoms with van der Waals surface area (Å²) in [7, 11) is 1.49. The number of likely N-dealkylation sites (N-methyl/N-ethyl adjacent to an activating group) is 1. The van der Waals surface area contributed by atoms with E-state index >= 15 is 0 Å². The molecule has 0 spiro atoms. The van der Waals surface area contributed by atoms with Crippen molar-refractivity contribution in [1.29, 1.82) is 0 Å². The van der Waals surface area contributed by atoms with Crippen molar-refractivity contribution in [3.8, 4) is 0 Å². The summed E-state index contributed by atoms with van der Waals surface area (Å²) in [5.41, 5.74) is -0.507. The summed E-state index contributed by atoms with van der Waals surface area (Å²) >= 11 is 0. The molecule has 0 saturated carbocycles. The smallest absolute Gasteiger partial charge is 0.347 e. The number of nitrogens with zero attached hydrogens (tertiary/aromatic N) is 3. The van der Waals surface area contributed by atoms with Gasteiger partial charge in [-0.25, -0.2) is 9.78 Å². The van der Waals surface area contributed by atoms with Gasteiger partial charge in [0.25, 0.3) is 0 Å². The van der Waals surface area contributed by atoms with Crippen molar-refractivity contribution < 1.29 is 14.7 Å². The number of carbonyl (C=O) groups is 2. The predicted molar refractivity (Wildman–Crippen MR) is 58.4 cm³/mol. The maximum absolute atomic E-state index is 11.6. The first kappa shape index (κ1) is 12.9. The van der Waals surface area contributed by atoms with Crippen molar-refractivity contribution in [1.82, 2.24) is 14.5 Å². The molecule has 0 aliphatic rings. The van der Waals surface area contributed by atoms with Crippen LogP contribution in [-0.2, 0) is 16.1 Å². The number of carbonyl (C=O) groups excluding carboxylic acids is 1. The van der Waals surface area contributed by atoms with E-state index in [1.165, 1.54) is 28.9 Å². The van der Waals surface area contributed by atoms with Gasteiger partial charge in [0.1, 0.15) is 6.54 Å². The average Bonchev–Trinajstić information content (AvgIpc) is 2.28. The number of amides is 1. The van der Waals surface area contributed by atoms with E-state index in [2.05, 4.69) is 4.98 Å². The second-order valence-corrected chi connectivity index (χ2v) is 3.49. The van der Waals surface area contributed by atoms with E-state index in [9.17, 15) is 14.4 Å². The zero-order valence-corrected chi connectivity index (χ0v) is 9.37. The van der Waals surface area contributed by atoms with Gasteiger partial charge in [-0.05, 0) is 6.07 Å². The van der Waals surface area contributed by atoms with E-state index in [0.29, 0.717) is 0 Å². The fourth-order valence-electron chi connectivity index (χ4n) is 1.16. The molecule has 7 heteroatoms. The minimum atomic E-state index is -0.969. The van der Waals surface area contributed by atoms with Gasteiger partial charge in [-0.3, -0.25) is 14.2 Å². The molecule has 1 rings (SSSR count). The summed E-state index contributed by atoms with van der Waals surface area (Å²) in [6.07, 6.45) is 2.68. The van der Waals surface area contributed by atoms with Crippen LogP contribution >= 0.6 is 0 Å². The molecule has 92 valence electrons. The molecular formula is C10H13N3O4. The van der Waals surface area contributed by atoms with Crippen LogP contribution in [0, 0.1) is 0 Å². The van der Waals surface area contributed by atoms with Crippen LogP contribution in [0.25, 0.3) is 0 Å². The van der Waals surface area contributed by atoms with E-state index < -0.39 is 11.7 Å². The van der Waals surface area contributed by atoms with Crippen LogP contribution in [0.15, 0.2) is 23.3 Å². The minimum absolute atomic E-state index is 0.114. The Morgan fingerprint density at radius 2 is 2.24 bits per heavy atom. The zero-order chi connectivity index (χ0) is 12.8. The second-order valence-electron chi connectivity index (χ2n) is 3.49. The Morgan fingerprint density at radius 1 is 1.53 bits per heavy atom. The van der Waals surface area contributed by atoms with Crippen molar-refractivity contribution in [2.75, 3.05) is 13.6 Å². The Morgan fingerprint density at radius 3 is 2.82 bits per heavy atom. The maximum Gasteiger partial charge on any atom is 0.347 e. The maximum atomic E-state index is 11.6. The first-order valence-electron chi connectivity index (χ1n) is 4.98. The molecule has 0 fully saturated rings. The molecular weight excluding hydrogens is 226 g/mol. The lowest BCUT2D eigenvalue weighted by Gasteiger charge is -2.16. The van der Waals surface area contributed by atoms with Crippen LogP contribution in [0.2, 0.25) is 0 Å². The molecule has 0 saturated heterocycles. The first-order chi connectivity index (χ1) is 8.00. The Hall–Kier alpha value is -2.18. The van der Waals surface area contributed by atoms with Gasteiger partial charge < -0.3 is 10.0 Å². The number of aliphatic carboxylic acids is 1. The molecule has 0 radical (unpaired) electrons. The molecule has 0 atom stereocenters. The Labute approximate surface area is 97.3 Å². The van der Waals surface area contributed by atoms with Gasteiger partial charge in [0.05, 0.1) is 6.42 Å². The lowest BCUT2D eigenvalue weighted by Crippen LogP contribution is -2.35. The van der Waals surface area contributed by atoms with Crippen molar-refractivity contribution in [3.63, 3.8) is 0 Å². The van der Waals surface area contributed by atoms with Crippen LogP contribution in [-0.4, -0.2) is 45.0 Å². The summed E-state index contributed by atoms with van der Waals surface area (Å²) < 4.78 is 1.17. The number of hydrogen-bond donors (Lipinski definition) is 1. The predicted octanol–water partition coefficient (Wildman–Crippen LogP) is -0.824. The highest BCUT2D eigenvalue weighted by Gasteiger charge is 2.11. The summed E-state index contributed by atoms with van der Waals surface area (Å²) in [5.74, 6) is -1.30. The van der Waals surface area contributed by atoms with Crippen LogP contribution < -0.4 is 5.69 Å². The van der Waals surface area contributed by atoms with Crippen molar-refractivity contribution in [2.24, 2.45) is 0 Å². The van der Waals surface area contributed by atoms with Crippen LogP contribution in [0.3, 0.4) is 0 Å². The molecule has 1 aromatic rings. The van der Waals surface area contributed by atoms with Gasteiger partial charge in [-0.15, -0.1) is 0 Å². The summed E-state index contributed by atoms with van der Waals surface area (Å²) in [6.45, 7) is -0.0219. The third-order valence-electron chi connectivity index (χ3n) is 2.18. The first-order valence-corrected chi connectivity index (χ1v) is 4.98. The van der Waals surface area contributed by atoms with Gasteiger partial charge in [-0.1, -0.05) is 0 Å². The normalized spacial score (nSPS) is 9.94. The third kappa shape index (κ3) is 4.06. The zero-order valence-electron chi connectivity index (χ0n) is 9.37. The lowest BCUT2D eigenvalue weighted by molar-refractivity contribution is -0.138. The average molecular weight is 239 g/mol. The Bertz CT molecular complexity index is 469. The molecule has 7 nitrogen and oxygen atoms in total. The standard InChI is InChI=1S/C10H13N3O4/c1-12(6-3-9(15)16)8(14)7-13-5-2-4-11-10(13)17/h2,4-5H,3,6-7H2,1H3,(H,15,16). The van der Waals surface area contributed by atoms with E-state index in [4.69, 9.17) is 5.11 Å². The van der Waals surface area contributed by atoms with Crippen LogP contribution in [0.5, 0.6) is 0 Å². The molecule has 17 heavy (non-hydrogen) atoms. The molecule has 1 N–H and O–H groups in total. The summed E-state index contributed by atoms with van der Waals surface area (Å²) in [5, 5.41) is 8.47. The second kappa shape index (κ2) is 5.78. The highest BCUT2D eigenvalue weighted by molar-refractivity contribution is 5.76. The van der Waals surface area contributed by atoms with E-state index in [0.717, 1.165) is 0 Å². The SMILES string of the molecule is CN(CCC(=O)O)C(=O)Cn1cccnc1=O. The molecule has 0 bridgehead atoms. The molecule has 0 aliphatic heterocycles. The minimum Gasteiger partial charge on any atom is -0.481 e. The summed E-state index contributed by atoms with van der Waals surface area (Å²) in [4.78, 5) is 38.0. The van der Waals surface area contributed by atoms with Crippen molar-refractivity contribution in [2.45, 2.75) is 13.0 Å². The number of rotatable bonds is 5. The molecule has 0 aliphatic carbocycles. The Kier molecular flexibility index (Phi) is 4.38. The number of carboxylic acids is 1. The Balaban J connectivity index is 2.57. The van der Waals surface area contributed by atoms with Gasteiger partial charge in [0, 0.05) is 26.0 Å². The highest BCUT2D eigenvalue weighted by atomic mass is 16.4. The van der Waals surface area contributed by atoms with Gasteiger partial charge in [0.15, 0.2) is 0 Å². The molecule has 0 unspecified atom stereocenters. The van der Waals surface area contributed by atoms with Crippen molar-refractivity contribution >= 4 is 11.9 Å². The number of aromatic nitrogens is 2. The highest BCUT2D eigenvalue weighted by Crippen LogP contribution is 1.91. The molecule has 0 aromatic carbocycles. The fourth-order valence-corrected chi connectivity index (χ4v) is 1.16. The van der Waals surface area contributed by atoms with Gasteiger partial charge in [-0.2, -0.15) is 0 Å².